The molecule has 2 aromatic heterocycles. The number of para-hydroxylation sites is 1. The summed E-state index contributed by atoms with van der Waals surface area (Å²) in [6.07, 6.45) is 0. The van der Waals surface area contributed by atoms with Gasteiger partial charge in [-0.15, -0.1) is 11.3 Å². The lowest BCUT2D eigenvalue weighted by Gasteiger charge is -2.23. The van der Waals surface area contributed by atoms with Crippen LogP contribution in [0.4, 0.5) is 10.3 Å². The van der Waals surface area contributed by atoms with E-state index in [1.165, 1.54) is 10.9 Å². The monoisotopic (exact) mass is 289 g/mol. The summed E-state index contributed by atoms with van der Waals surface area (Å²) in [5.41, 5.74) is 7.14. The molecule has 2 N–H and O–H groups in total. The van der Waals surface area contributed by atoms with Gasteiger partial charge < -0.3 is 10.3 Å². The third kappa shape index (κ3) is 1.98. The number of nitrogen functional groups attached to an aromatic ring is 1. The van der Waals surface area contributed by atoms with E-state index in [2.05, 4.69) is 24.9 Å². The Morgan fingerprint density at radius 1 is 1.25 bits per heavy atom. The Morgan fingerprint density at radius 3 is 2.70 bits per heavy atom. The third-order valence-corrected chi connectivity index (χ3v) is 4.39. The van der Waals surface area contributed by atoms with Crippen LogP contribution in [0, 0.1) is 11.7 Å². The van der Waals surface area contributed by atoms with E-state index in [0.29, 0.717) is 17.4 Å². The predicted octanol–water partition coefficient (Wildman–Crippen LogP) is 4.06. The number of benzene rings is 1. The summed E-state index contributed by atoms with van der Waals surface area (Å²) in [6, 6.07) is 9.15. The molecule has 0 radical (unpaired) electrons. The van der Waals surface area contributed by atoms with Gasteiger partial charge in [-0.05, 0) is 29.5 Å². The molecule has 0 saturated heterocycles. The molecule has 3 nitrogen and oxygen atoms in total. The third-order valence-electron chi connectivity index (χ3n) is 3.44. The van der Waals surface area contributed by atoms with Gasteiger partial charge in [-0.25, -0.2) is 9.37 Å². The van der Waals surface area contributed by atoms with E-state index in [4.69, 9.17) is 5.73 Å². The molecular weight excluding hydrogens is 273 g/mol. The molecule has 0 saturated carbocycles. The molecule has 104 valence electrons. The largest absolute Gasteiger partial charge is 0.369 e. The zero-order chi connectivity index (χ0) is 14.3. The van der Waals surface area contributed by atoms with Crippen molar-refractivity contribution >= 4 is 28.3 Å². The van der Waals surface area contributed by atoms with Gasteiger partial charge in [-0.2, -0.15) is 0 Å². The van der Waals surface area contributed by atoms with Crippen LogP contribution in [-0.4, -0.2) is 9.55 Å². The van der Waals surface area contributed by atoms with E-state index < -0.39 is 0 Å². The molecule has 20 heavy (non-hydrogen) atoms. The molecule has 3 rings (SSSR count). The highest BCUT2D eigenvalue weighted by Gasteiger charge is 2.24. The molecule has 2 heterocycles. The highest BCUT2D eigenvalue weighted by Crippen LogP contribution is 2.35. The van der Waals surface area contributed by atoms with Gasteiger partial charge in [0.25, 0.3) is 0 Å². The Kier molecular flexibility index (Phi) is 3.22. The van der Waals surface area contributed by atoms with Gasteiger partial charge in [-0.3, -0.25) is 0 Å². The molecule has 0 aliphatic heterocycles. The molecule has 1 aromatic carbocycles. The molecule has 0 spiro atoms. The lowest BCUT2D eigenvalue weighted by Crippen LogP contribution is -2.17. The summed E-state index contributed by atoms with van der Waals surface area (Å²) in [5.74, 6) is 0.357. The Morgan fingerprint density at radius 2 is 2.05 bits per heavy atom. The number of rotatable bonds is 3. The van der Waals surface area contributed by atoms with E-state index in [-0.39, 0.29) is 11.9 Å². The number of hydrogen-bond donors (Lipinski definition) is 1. The van der Waals surface area contributed by atoms with Crippen molar-refractivity contribution in [3.63, 3.8) is 0 Å². The zero-order valence-corrected chi connectivity index (χ0v) is 12.2. The minimum Gasteiger partial charge on any atom is -0.369 e. The van der Waals surface area contributed by atoms with Crippen LogP contribution < -0.4 is 5.73 Å². The van der Waals surface area contributed by atoms with Gasteiger partial charge in [0, 0.05) is 4.88 Å². The Balaban J connectivity index is 2.27. The van der Waals surface area contributed by atoms with Gasteiger partial charge >= 0.3 is 0 Å². The molecule has 1 unspecified atom stereocenters. The van der Waals surface area contributed by atoms with E-state index in [9.17, 15) is 4.39 Å². The fraction of sp³-hybridized carbons (Fsp3) is 0.267. The average molecular weight is 289 g/mol. The summed E-state index contributed by atoms with van der Waals surface area (Å²) >= 11 is 1.68. The van der Waals surface area contributed by atoms with Crippen molar-refractivity contribution in [1.29, 1.82) is 0 Å². The summed E-state index contributed by atoms with van der Waals surface area (Å²) in [5, 5.41) is 2.04. The van der Waals surface area contributed by atoms with Crippen molar-refractivity contribution in [2.24, 2.45) is 5.92 Å². The maximum atomic E-state index is 13.9. The topological polar surface area (TPSA) is 43.8 Å². The molecule has 0 bridgehead atoms. The normalized spacial score (nSPS) is 13.2. The smallest absolute Gasteiger partial charge is 0.201 e. The lowest BCUT2D eigenvalue weighted by molar-refractivity contribution is 0.457. The average Bonchev–Trinajstić information content (AvgIpc) is 3.01. The van der Waals surface area contributed by atoms with Crippen molar-refractivity contribution in [3.8, 4) is 0 Å². The number of fused-ring (bicyclic) bond motifs is 1. The highest BCUT2D eigenvalue weighted by molar-refractivity contribution is 7.10. The fourth-order valence-electron chi connectivity index (χ4n) is 2.61. The van der Waals surface area contributed by atoms with Crippen molar-refractivity contribution in [3.05, 3.63) is 46.4 Å². The van der Waals surface area contributed by atoms with Crippen LogP contribution in [0.2, 0.25) is 0 Å². The Labute approximate surface area is 120 Å². The number of thiophene rings is 1. The van der Waals surface area contributed by atoms with E-state index >= 15 is 0 Å². The Hall–Kier alpha value is -1.88. The van der Waals surface area contributed by atoms with E-state index in [1.807, 2.05) is 22.1 Å². The van der Waals surface area contributed by atoms with Crippen molar-refractivity contribution in [2.75, 3.05) is 5.73 Å². The van der Waals surface area contributed by atoms with Crippen LogP contribution in [0.5, 0.6) is 0 Å². The van der Waals surface area contributed by atoms with Crippen LogP contribution in [0.3, 0.4) is 0 Å². The highest BCUT2D eigenvalue weighted by atomic mass is 32.1. The number of hydrogen-bond acceptors (Lipinski definition) is 3. The van der Waals surface area contributed by atoms with Crippen LogP contribution in [0.15, 0.2) is 35.7 Å². The SMILES string of the molecule is CC(C)C(c1cccs1)n1c(N)nc2c(F)cccc21. The summed E-state index contributed by atoms with van der Waals surface area (Å²) in [6.45, 7) is 4.27. The summed E-state index contributed by atoms with van der Waals surface area (Å²) in [4.78, 5) is 5.40. The molecule has 0 aliphatic rings. The first-order valence-corrected chi connectivity index (χ1v) is 7.43. The second kappa shape index (κ2) is 4.90. The van der Waals surface area contributed by atoms with E-state index in [0.717, 1.165) is 5.52 Å². The molecule has 3 aromatic rings. The van der Waals surface area contributed by atoms with Crippen LogP contribution in [0.1, 0.15) is 24.8 Å². The zero-order valence-electron chi connectivity index (χ0n) is 11.4. The number of nitrogens with zero attached hydrogens (tertiary/aromatic N) is 2. The van der Waals surface area contributed by atoms with E-state index in [1.54, 1.807) is 17.4 Å². The molecule has 0 aliphatic carbocycles. The van der Waals surface area contributed by atoms with Crippen molar-refractivity contribution in [1.82, 2.24) is 9.55 Å². The summed E-state index contributed by atoms with van der Waals surface area (Å²) < 4.78 is 15.8. The van der Waals surface area contributed by atoms with Gasteiger partial charge in [0.2, 0.25) is 5.95 Å². The molecule has 1 atom stereocenters. The number of imidazole rings is 1. The molecule has 0 fully saturated rings. The van der Waals surface area contributed by atoms with Crippen LogP contribution in [-0.2, 0) is 0 Å². The molecular formula is C15H16FN3S. The first-order valence-electron chi connectivity index (χ1n) is 6.55. The van der Waals surface area contributed by atoms with Crippen LogP contribution >= 0.6 is 11.3 Å². The van der Waals surface area contributed by atoms with Gasteiger partial charge in [-0.1, -0.05) is 26.0 Å². The molecule has 5 heteroatoms. The molecule has 0 amide bonds. The van der Waals surface area contributed by atoms with Crippen molar-refractivity contribution < 1.29 is 4.39 Å². The maximum Gasteiger partial charge on any atom is 0.201 e. The fourth-order valence-corrected chi connectivity index (χ4v) is 3.60. The van der Waals surface area contributed by atoms with Crippen LogP contribution in [0.25, 0.3) is 11.0 Å². The number of anilines is 1. The first kappa shape index (κ1) is 13.1. The van der Waals surface area contributed by atoms with Gasteiger partial charge in [0.15, 0.2) is 5.82 Å². The summed E-state index contributed by atoms with van der Waals surface area (Å²) in [7, 11) is 0. The second-order valence-electron chi connectivity index (χ2n) is 5.15. The Bertz CT molecular complexity index is 731. The number of halogens is 1. The number of aromatic nitrogens is 2. The predicted molar refractivity (Wildman–Crippen MR) is 81.4 cm³/mol. The maximum absolute atomic E-state index is 13.9. The number of nitrogens with two attached hydrogens (primary N) is 1. The standard InChI is InChI=1S/C15H16FN3S/c1-9(2)14(12-7-4-8-20-12)19-11-6-3-5-10(16)13(11)18-15(19)17/h3-9,14H,1-2H3,(H2,17,18). The van der Waals surface area contributed by atoms with Gasteiger partial charge in [0.1, 0.15) is 5.52 Å². The quantitative estimate of drug-likeness (QED) is 0.790. The lowest BCUT2D eigenvalue weighted by atomic mass is 10.0. The minimum atomic E-state index is -0.332. The minimum absolute atomic E-state index is 0.0711. The second-order valence-corrected chi connectivity index (χ2v) is 6.13. The van der Waals surface area contributed by atoms with Gasteiger partial charge in [0.05, 0.1) is 11.6 Å². The first-order chi connectivity index (χ1) is 9.59. The van der Waals surface area contributed by atoms with Crippen molar-refractivity contribution in [2.45, 2.75) is 19.9 Å².